The minimum atomic E-state index is -0.415. The van der Waals surface area contributed by atoms with E-state index in [1.165, 1.54) is 4.90 Å². The molecule has 7 nitrogen and oxygen atoms in total. The Kier molecular flexibility index (Phi) is 6.00. The molecule has 4 aromatic rings. The van der Waals surface area contributed by atoms with E-state index in [0.29, 0.717) is 29.3 Å². The number of nitrogens with zero attached hydrogens (tertiary/aromatic N) is 3. The van der Waals surface area contributed by atoms with E-state index in [0.717, 1.165) is 33.9 Å². The van der Waals surface area contributed by atoms with E-state index in [2.05, 4.69) is 15.3 Å². The number of carbonyl (C=O) groups is 2. The molecule has 37 heavy (non-hydrogen) atoms. The highest BCUT2D eigenvalue weighted by Gasteiger charge is 2.46. The minimum Gasteiger partial charge on any atom is -0.495 e. The molecule has 0 spiro atoms. The highest BCUT2D eigenvalue weighted by Crippen LogP contribution is 2.45. The molecule has 3 atom stereocenters. The SMILES string of the molecule is COc1cncc(-c2cccc(Cl)c2C2CCC3C(=O)N(c4cncc5ccccc45)C(=O)NC3C2)c1. The van der Waals surface area contributed by atoms with E-state index in [1.54, 1.807) is 31.9 Å². The first-order valence-electron chi connectivity index (χ1n) is 12.3. The van der Waals surface area contributed by atoms with Crippen LogP contribution in [0.2, 0.25) is 5.02 Å². The van der Waals surface area contributed by atoms with Crippen molar-refractivity contribution in [2.75, 3.05) is 12.0 Å². The van der Waals surface area contributed by atoms with Crippen molar-refractivity contribution in [3.63, 3.8) is 0 Å². The van der Waals surface area contributed by atoms with Gasteiger partial charge in [0.25, 0.3) is 0 Å². The quantitative estimate of drug-likeness (QED) is 0.364. The van der Waals surface area contributed by atoms with Crippen LogP contribution in [-0.2, 0) is 4.79 Å². The predicted octanol–water partition coefficient (Wildman–Crippen LogP) is 5.97. The molecule has 0 bridgehead atoms. The van der Waals surface area contributed by atoms with Gasteiger partial charge in [0.15, 0.2) is 0 Å². The average molecular weight is 513 g/mol. The van der Waals surface area contributed by atoms with Gasteiger partial charge < -0.3 is 10.1 Å². The topological polar surface area (TPSA) is 84.4 Å². The van der Waals surface area contributed by atoms with E-state index in [4.69, 9.17) is 16.3 Å². The van der Waals surface area contributed by atoms with Crippen LogP contribution in [0.5, 0.6) is 5.75 Å². The fourth-order valence-electron chi connectivity index (χ4n) is 5.77. The first-order valence-corrected chi connectivity index (χ1v) is 12.7. The van der Waals surface area contributed by atoms with Crippen molar-refractivity contribution >= 4 is 40.0 Å². The average Bonchev–Trinajstić information content (AvgIpc) is 2.93. The maximum absolute atomic E-state index is 13.7. The lowest BCUT2D eigenvalue weighted by Gasteiger charge is -2.43. The minimum absolute atomic E-state index is 0.0787. The summed E-state index contributed by atoms with van der Waals surface area (Å²) in [5.41, 5.74) is 3.43. The molecule has 1 aliphatic heterocycles. The molecule has 1 saturated carbocycles. The number of fused-ring (bicyclic) bond motifs is 2. The summed E-state index contributed by atoms with van der Waals surface area (Å²) >= 11 is 6.76. The van der Waals surface area contributed by atoms with Gasteiger partial charge in [-0.05, 0) is 48.4 Å². The Hall–Kier alpha value is -3.97. The van der Waals surface area contributed by atoms with Crippen molar-refractivity contribution in [1.82, 2.24) is 15.3 Å². The molecule has 0 radical (unpaired) electrons. The summed E-state index contributed by atoms with van der Waals surface area (Å²) in [5, 5.41) is 5.49. The summed E-state index contributed by atoms with van der Waals surface area (Å²) in [6, 6.07) is 14.7. The number of amides is 3. The van der Waals surface area contributed by atoms with E-state index in [9.17, 15) is 9.59 Å². The monoisotopic (exact) mass is 512 g/mol. The van der Waals surface area contributed by atoms with Crippen LogP contribution in [0.1, 0.15) is 30.7 Å². The zero-order chi connectivity index (χ0) is 25.5. The number of urea groups is 1. The molecule has 3 heterocycles. The molecular weight excluding hydrogens is 488 g/mol. The summed E-state index contributed by atoms with van der Waals surface area (Å²) in [4.78, 5) is 36.8. The van der Waals surface area contributed by atoms with Gasteiger partial charge in [-0.3, -0.25) is 14.8 Å². The lowest BCUT2D eigenvalue weighted by molar-refractivity contribution is -0.124. The molecule has 6 rings (SSSR count). The van der Waals surface area contributed by atoms with Crippen LogP contribution >= 0.6 is 11.6 Å². The van der Waals surface area contributed by atoms with Crippen molar-refractivity contribution in [1.29, 1.82) is 0 Å². The Labute approximate surface area is 219 Å². The lowest BCUT2D eigenvalue weighted by atomic mass is 9.73. The lowest BCUT2D eigenvalue weighted by Crippen LogP contribution is -2.61. The number of rotatable bonds is 4. The number of benzene rings is 2. The fraction of sp³-hybridized carbons (Fsp3) is 0.241. The Morgan fingerprint density at radius 2 is 1.84 bits per heavy atom. The van der Waals surface area contributed by atoms with E-state index < -0.39 is 6.03 Å². The highest BCUT2D eigenvalue weighted by molar-refractivity contribution is 6.32. The molecule has 3 unspecified atom stereocenters. The normalized spacial score (nSPS) is 21.5. The number of hydrogen-bond donors (Lipinski definition) is 1. The largest absolute Gasteiger partial charge is 0.495 e. The van der Waals surface area contributed by atoms with Gasteiger partial charge in [0.05, 0.1) is 31.1 Å². The smallest absolute Gasteiger partial charge is 0.329 e. The summed E-state index contributed by atoms with van der Waals surface area (Å²) < 4.78 is 5.37. The third-order valence-electron chi connectivity index (χ3n) is 7.51. The van der Waals surface area contributed by atoms with Crippen LogP contribution in [0.3, 0.4) is 0 Å². The first kappa shape index (κ1) is 23.4. The van der Waals surface area contributed by atoms with Crippen molar-refractivity contribution in [3.8, 4) is 16.9 Å². The molecule has 1 saturated heterocycles. The molecule has 2 aliphatic rings. The van der Waals surface area contributed by atoms with E-state index in [-0.39, 0.29) is 23.8 Å². The number of anilines is 1. The molecule has 1 N–H and O–H groups in total. The molecule has 2 aromatic heterocycles. The number of imide groups is 1. The maximum Gasteiger partial charge on any atom is 0.329 e. The van der Waals surface area contributed by atoms with Gasteiger partial charge in [-0.15, -0.1) is 0 Å². The summed E-state index contributed by atoms with van der Waals surface area (Å²) in [7, 11) is 1.61. The van der Waals surface area contributed by atoms with E-state index in [1.807, 2.05) is 48.5 Å². The summed E-state index contributed by atoms with van der Waals surface area (Å²) in [5.74, 6) is 0.259. The maximum atomic E-state index is 13.7. The number of hydrogen-bond acceptors (Lipinski definition) is 5. The van der Waals surface area contributed by atoms with Crippen LogP contribution in [0, 0.1) is 5.92 Å². The predicted molar refractivity (Wildman–Crippen MR) is 143 cm³/mol. The standard InChI is InChI=1S/C29H25ClN4O3/c1-37-20-11-19(14-31-15-20)22-7-4-8-24(30)27(22)17-9-10-23-25(12-17)33-29(36)34(28(23)35)26-16-32-13-18-5-2-3-6-21(18)26/h2-8,11,13-17,23,25H,9-10,12H2,1H3,(H,33,36). The van der Waals surface area contributed by atoms with Gasteiger partial charge in [0.1, 0.15) is 5.75 Å². The van der Waals surface area contributed by atoms with Gasteiger partial charge in [-0.2, -0.15) is 0 Å². The zero-order valence-electron chi connectivity index (χ0n) is 20.2. The third kappa shape index (κ3) is 4.09. The van der Waals surface area contributed by atoms with Crippen LogP contribution in [0.25, 0.3) is 21.9 Å². The Bertz CT molecular complexity index is 1520. The van der Waals surface area contributed by atoms with Crippen LogP contribution in [-0.4, -0.2) is 35.1 Å². The highest BCUT2D eigenvalue weighted by atomic mass is 35.5. The second-order valence-corrected chi connectivity index (χ2v) is 9.95. The van der Waals surface area contributed by atoms with E-state index >= 15 is 0 Å². The number of nitrogens with one attached hydrogen (secondary N) is 1. The Morgan fingerprint density at radius 1 is 1.00 bits per heavy atom. The number of pyridine rings is 2. The van der Waals surface area contributed by atoms with Gasteiger partial charge in [-0.25, -0.2) is 9.69 Å². The van der Waals surface area contributed by atoms with Gasteiger partial charge >= 0.3 is 6.03 Å². The third-order valence-corrected chi connectivity index (χ3v) is 7.84. The number of ether oxygens (including phenoxy) is 1. The molecular formula is C29H25ClN4O3. The zero-order valence-corrected chi connectivity index (χ0v) is 21.0. The second kappa shape index (κ2) is 9.48. The van der Waals surface area contributed by atoms with Gasteiger partial charge in [0.2, 0.25) is 5.91 Å². The van der Waals surface area contributed by atoms with Gasteiger partial charge in [-0.1, -0.05) is 48.0 Å². The van der Waals surface area contributed by atoms with Crippen molar-refractivity contribution in [2.24, 2.45) is 5.92 Å². The van der Waals surface area contributed by atoms with Crippen LogP contribution in [0.4, 0.5) is 10.5 Å². The fourth-order valence-corrected chi connectivity index (χ4v) is 6.09. The molecule has 2 fully saturated rings. The van der Waals surface area contributed by atoms with Crippen LogP contribution in [0.15, 0.2) is 73.3 Å². The molecule has 8 heteroatoms. The second-order valence-electron chi connectivity index (χ2n) is 9.54. The number of methoxy groups -OCH3 is 1. The number of halogens is 1. The Balaban J connectivity index is 1.30. The van der Waals surface area contributed by atoms with Crippen molar-refractivity contribution < 1.29 is 14.3 Å². The molecule has 1 aliphatic carbocycles. The van der Waals surface area contributed by atoms with Crippen molar-refractivity contribution in [2.45, 2.75) is 31.2 Å². The number of carbonyl (C=O) groups excluding carboxylic acids is 2. The van der Waals surface area contributed by atoms with Crippen LogP contribution < -0.4 is 15.0 Å². The Morgan fingerprint density at radius 3 is 2.70 bits per heavy atom. The molecule has 186 valence electrons. The van der Waals surface area contributed by atoms with Gasteiger partial charge in [0, 0.05) is 39.8 Å². The summed E-state index contributed by atoms with van der Waals surface area (Å²) in [6.07, 6.45) is 8.83. The van der Waals surface area contributed by atoms with Crippen molar-refractivity contribution in [3.05, 3.63) is 83.9 Å². The summed E-state index contributed by atoms with van der Waals surface area (Å²) in [6.45, 7) is 0. The molecule has 2 aromatic carbocycles. The number of aromatic nitrogens is 2. The first-order chi connectivity index (χ1) is 18.0. The molecule has 3 amide bonds.